The average Bonchev–Trinajstić information content (AvgIpc) is 2.56. The molecule has 0 bridgehead atoms. The molecule has 126 valence electrons. The lowest BCUT2D eigenvalue weighted by Crippen LogP contribution is -2.24. The van der Waals surface area contributed by atoms with Gasteiger partial charge < -0.3 is 14.6 Å². The summed E-state index contributed by atoms with van der Waals surface area (Å²) in [7, 11) is 1.57. The SMILES string of the molecule is COc1ccc(OCC(=O)N/N=C\c2cc(Br)ccc2O)c(Br)c1. The number of phenolic OH excluding ortho intramolecular Hbond substituents is 1. The van der Waals surface area contributed by atoms with Gasteiger partial charge in [0.2, 0.25) is 0 Å². The normalized spacial score (nSPS) is 10.6. The maximum atomic E-state index is 11.7. The van der Waals surface area contributed by atoms with Gasteiger partial charge in [0.25, 0.3) is 5.91 Å². The Kier molecular flexibility index (Phi) is 6.62. The van der Waals surface area contributed by atoms with Gasteiger partial charge in [0, 0.05) is 10.0 Å². The van der Waals surface area contributed by atoms with Gasteiger partial charge >= 0.3 is 0 Å². The molecule has 2 aromatic carbocycles. The van der Waals surface area contributed by atoms with Gasteiger partial charge in [-0.25, -0.2) is 5.43 Å². The number of benzene rings is 2. The predicted molar refractivity (Wildman–Crippen MR) is 97.7 cm³/mol. The Hall–Kier alpha value is -2.06. The van der Waals surface area contributed by atoms with E-state index >= 15 is 0 Å². The molecule has 0 spiro atoms. The van der Waals surface area contributed by atoms with E-state index in [1.807, 2.05) is 0 Å². The lowest BCUT2D eigenvalue weighted by atomic mass is 10.2. The molecule has 2 aromatic rings. The molecular weight excluding hydrogens is 444 g/mol. The number of carbonyl (C=O) groups excluding carboxylic acids is 1. The van der Waals surface area contributed by atoms with E-state index < -0.39 is 5.91 Å². The molecule has 0 aliphatic carbocycles. The molecule has 0 aromatic heterocycles. The smallest absolute Gasteiger partial charge is 0.277 e. The van der Waals surface area contributed by atoms with Crippen molar-refractivity contribution in [1.82, 2.24) is 5.43 Å². The number of nitrogens with zero attached hydrogens (tertiary/aromatic N) is 1. The first-order valence-corrected chi connectivity index (χ1v) is 8.35. The Balaban J connectivity index is 1.87. The number of rotatable bonds is 6. The van der Waals surface area contributed by atoms with Crippen molar-refractivity contribution in [1.29, 1.82) is 0 Å². The second-order valence-electron chi connectivity index (χ2n) is 4.58. The molecular formula is C16H14Br2N2O4. The zero-order valence-electron chi connectivity index (χ0n) is 12.6. The van der Waals surface area contributed by atoms with Gasteiger partial charge in [-0.15, -0.1) is 0 Å². The Morgan fingerprint density at radius 1 is 1.29 bits per heavy atom. The topological polar surface area (TPSA) is 80.2 Å². The Morgan fingerprint density at radius 2 is 2.08 bits per heavy atom. The fourth-order valence-corrected chi connectivity index (χ4v) is 2.55. The van der Waals surface area contributed by atoms with Crippen molar-refractivity contribution in [3.8, 4) is 17.2 Å². The molecule has 6 nitrogen and oxygen atoms in total. The highest BCUT2D eigenvalue weighted by molar-refractivity contribution is 9.10. The van der Waals surface area contributed by atoms with E-state index in [4.69, 9.17) is 9.47 Å². The first kappa shape index (κ1) is 18.3. The molecule has 0 unspecified atom stereocenters. The summed E-state index contributed by atoms with van der Waals surface area (Å²) in [6.07, 6.45) is 1.35. The van der Waals surface area contributed by atoms with Crippen LogP contribution >= 0.6 is 31.9 Å². The molecule has 0 radical (unpaired) electrons. The van der Waals surface area contributed by atoms with Gasteiger partial charge in [-0.2, -0.15) is 5.10 Å². The van der Waals surface area contributed by atoms with E-state index in [1.54, 1.807) is 37.4 Å². The number of phenols is 1. The third-order valence-corrected chi connectivity index (χ3v) is 3.99. The molecule has 0 aliphatic rings. The van der Waals surface area contributed by atoms with Gasteiger partial charge in [0.15, 0.2) is 6.61 Å². The molecule has 0 saturated carbocycles. The number of aromatic hydroxyl groups is 1. The quantitative estimate of drug-likeness (QED) is 0.514. The summed E-state index contributed by atoms with van der Waals surface area (Å²) in [6, 6.07) is 10.1. The van der Waals surface area contributed by atoms with Gasteiger partial charge in [-0.05, 0) is 52.3 Å². The highest BCUT2D eigenvalue weighted by Crippen LogP contribution is 2.29. The second kappa shape index (κ2) is 8.70. The summed E-state index contributed by atoms with van der Waals surface area (Å²) >= 11 is 6.63. The van der Waals surface area contributed by atoms with Gasteiger partial charge in [-0.1, -0.05) is 15.9 Å². The van der Waals surface area contributed by atoms with Crippen molar-refractivity contribution in [2.45, 2.75) is 0 Å². The Bertz CT molecular complexity index is 766. The van der Waals surface area contributed by atoms with E-state index in [0.29, 0.717) is 21.5 Å². The van der Waals surface area contributed by atoms with Crippen LogP contribution in [0.3, 0.4) is 0 Å². The summed E-state index contributed by atoms with van der Waals surface area (Å²) in [5.74, 6) is 0.828. The fourth-order valence-electron chi connectivity index (χ4n) is 1.70. The summed E-state index contributed by atoms with van der Waals surface area (Å²) in [5.41, 5.74) is 2.80. The minimum Gasteiger partial charge on any atom is -0.507 e. The lowest BCUT2D eigenvalue weighted by molar-refractivity contribution is -0.123. The van der Waals surface area contributed by atoms with Crippen LogP contribution < -0.4 is 14.9 Å². The average molecular weight is 458 g/mol. The molecule has 0 saturated heterocycles. The standard InChI is InChI=1S/C16H14Br2N2O4/c1-23-12-3-5-15(13(18)7-12)24-9-16(22)20-19-8-10-6-11(17)2-4-14(10)21/h2-8,21H,9H2,1H3,(H,20,22)/b19-8-. The van der Waals surface area contributed by atoms with Crippen LogP contribution in [0.4, 0.5) is 0 Å². The van der Waals surface area contributed by atoms with Gasteiger partial charge in [0.1, 0.15) is 17.2 Å². The molecule has 8 heteroatoms. The third kappa shape index (κ3) is 5.24. The first-order valence-electron chi connectivity index (χ1n) is 6.76. The molecule has 24 heavy (non-hydrogen) atoms. The zero-order chi connectivity index (χ0) is 17.5. The van der Waals surface area contributed by atoms with Crippen molar-refractivity contribution >= 4 is 44.0 Å². The van der Waals surface area contributed by atoms with Crippen LogP contribution in [0.15, 0.2) is 50.4 Å². The number of methoxy groups -OCH3 is 1. The Labute approximate surface area is 155 Å². The van der Waals surface area contributed by atoms with E-state index in [0.717, 1.165) is 4.47 Å². The van der Waals surface area contributed by atoms with Gasteiger partial charge in [-0.3, -0.25) is 4.79 Å². The van der Waals surface area contributed by atoms with Crippen LogP contribution in [0.1, 0.15) is 5.56 Å². The summed E-state index contributed by atoms with van der Waals surface area (Å²) in [6.45, 7) is -0.202. The van der Waals surface area contributed by atoms with Crippen LogP contribution in [-0.2, 0) is 4.79 Å². The monoisotopic (exact) mass is 456 g/mol. The highest BCUT2D eigenvalue weighted by Gasteiger charge is 2.06. The minimum atomic E-state index is -0.427. The number of amides is 1. The van der Waals surface area contributed by atoms with Crippen LogP contribution in [0.25, 0.3) is 0 Å². The lowest BCUT2D eigenvalue weighted by Gasteiger charge is -2.08. The van der Waals surface area contributed by atoms with E-state index in [-0.39, 0.29) is 12.4 Å². The minimum absolute atomic E-state index is 0.0645. The molecule has 2 N–H and O–H groups in total. The van der Waals surface area contributed by atoms with Crippen molar-refractivity contribution in [3.05, 3.63) is 50.9 Å². The van der Waals surface area contributed by atoms with E-state index in [9.17, 15) is 9.90 Å². The Morgan fingerprint density at radius 3 is 2.79 bits per heavy atom. The largest absolute Gasteiger partial charge is 0.507 e. The number of nitrogens with one attached hydrogen (secondary N) is 1. The van der Waals surface area contributed by atoms with Crippen molar-refractivity contribution < 1.29 is 19.4 Å². The number of hydrogen-bond donors (Lipinski definition) is 2. The molecule has 0 aliphatic heterocycles. The summed E-state index contributed by atoms with van der Waals surface area (Å²) < 4.78 is 11.9. The molecule has 1 amide bonds. The number of hydrogen-bond acceptors (Lipinski definition) is 5. The van der Waals surface area contributed by atoms with Crippen LogP contribution in [0.5, 0.6) is 17.2 Å². The molecule has 0 fully saturated rings. The maximum absolute atomic E-state index is 11.7. The van der Waals surface area contributed by atoms with E-state index in [1.165, 1.54) is 12.3 Å². The highest BCUT2D eigenvalue weighted by atomic mass is 79.9. The summed E-state index contributed by atoms with van der Waals surface area (Å²) in [4.78, 5) is 11.7. The van der Waals surface area contributed by atoms with Crippen molar-refractivity contribution in [2.24, 2.45) is 5.10 Å². The summed E-state index contributed by atoms with van der Waals surface area (Å²) in [5, 5.41) is 13.4. The number of ether oxygens (including phenoxy) is 2. The van der Waals surface area contributed by atoms with Crippen molar-refractivity contribution in [3.63, 3.8) is 0 Å². The van der Waals surface area contributed by atoms with Crippen LogP contribution in [0, 0.1) is 0 Å². The number of hydrazone groups is 1. The maximum Gasteiger partial charge on any atom is 0.277 e. The zero-order valence-corrected chi connectivity index (χ0v) is 15.8. The first-order chi connectivity index (χ1) is 11.5. The molecule has 0 heterocycles. The third-order valence-electron chi connectivity index (χ3n) is 2.88. The van der Waals surface area contributed by atoms with Crippen molar-refractivity contribution in [2.75, 3.05) is 13.7 Å². The fraction of sp³-hybridized carbons (Fsp3) is 0.125. The number of halogens is 2. The molecule has 0 atom stereocenters. The van der Waals surface area contributed by atoms with Crippen LogP contribution in [0.2, 0.25) is 0 Å². The van der Waals surface area contributed by atoms with E-state index in [2.05, 4.69) is 42.4 Å². The predicted octanol–water partition coefficient (Wildman–Crippen LogP) is 3.45. The van der Waals surface area contributed by atoms with Crippen LogP contribution in [-0.4, -0.2) is 30.9 Å². The molecule has 2 rings (SSSR count). The second-order valence-corrected chi connectivity index (χ2v) is 6.35. The van der Waals surface area contributed by atoms with Gasteiger partial charge in [0.05, 0.1) is 17.8 Å². The number of carbonyl (C=O) groups is 1.